The molecule has 0 N–H and O–H groups in total. The summed E-state index contributed by atoms with van der Waals surface area (Å²) in [7, 11) is -3.17. The van der Waals surface area contributed by atoms with E-state index in [9.17, 15) is 13.9 Å². The Kier molecular flexibility index (Phi) is 14.8. The smallest absolute Gasteiger partial charge is 0.121 e. The maximum Gasteiger partial charge on any atom is 0.121 e. The van der Waals surface area contributed by atoms with Crippen molar-refractivity contribution < 1.29 is 24.0 Å². The molecule has 0 bridgehead atoms. The van der Waals surface area contributed by atoms with E-state index in [1.54, 1.807) is 0 Å². The van der Waals surface area contributed by atoms with Crippen LogP contribution in [0.25, 0.3) is 0 Å². The van der Waals surface area contributed by atoms with Crippen molar-refractivity contribution in [1.29, 1.82) is 0 Å². The average Bonchev–Trinajstić information content (AvgIpc) is 3.17. The molecule has 0 heterocycles. The van der Waals surface area contributed by atoms with Crippen LogP contribution >= 0.6 is 0 Å². The molecule has 0 radical (unpaired) electrons. The molecular formula is C42H40As2BFO4. The monoisotopic (exact) mass is 788 g/mol. The Morgan fingerprint density at radius 1 is 0.440 bits per heavy atom. The Morgan fingerprint density at radius 2 is 0.620 bits per heavy atom. The Bertz CT molecular complexity index is 1660. The van der Waals surface area contributed by atoms with Crippen LogP contribution in [0.3, 0.4) is 0 Å². The van der Waals surface area contributed by atoms with Gasteiger partial charge in [-0.15, -0.1) is 0 Å². The van der Waals surface area contributed by atoms with Crippen LogP contribution in [0.15, 0.2) is 182 Å². The van der Waals surface area contributed by atoms with Crippen molar-refractivity contribution in [2.24, 2.45) is 0 Å². The Morgan fingerprint density at radius 3 is 0.820 bits per heavy atom. The van der Waals surface area contributed by atoms with Gasteiger partial charge in [-0.2, -0.15) is 0 Å². The largest absolute Gasteiger partial charge is 0.867 e. The third-order valence-corrected chi connectivity index (χ3v) is 24.3. The van der Waals surface area contributed by atoms with Crippen molar-refractivity contribution >= 4 is 63.5 Å². The van der Waals surface area contributed by atoms with E-state index in [0.717, 1.165) is 11.1 Å². The van der Waals surface area contributed by atoms with Gasteiger partial charge in [-0.3, -0.25) is 0 Å². The summed E-state index contributed by atoms with van der Waals surface area (Å²) in [5, 5.41) is 17.9. The van der Waals surface area contributed by atoms with Gasteiger partial charge < -0.3 is 14.4 Å². The fourth-order valence-corrected chi connectivity index (χ4v) is 18.6. The van der Waals surface area contributed by atoms with Crippen LogP contribution in [0.4, 0.5) is 4.32 Å². The first-order chi connectivity index (χ1) is 24.1. The van der Waals surface area contributed by atoms with E-state index in [4.69, 9.17) is 10.0 Å². The molecule has 0 amide bonds. The van der Waals surface area contributed by atoms with Crippen LogP contribution < -0.4 is 27.5 Å². The van der Waals surface area contributed by atoms with E-state index in [1.807, 2.05) is 84.9 Å². The predicted octanol–water partition coefficient (Wildman–Crippen LogP) is 5.19. The normalized spacial score (nSPS) is 10.8. The molecule has 0 aliphatic rings. The third-order valence-electron chi connectivity index (χ3n) is 8.42. The maximum atomic E-state index is 12.8. The van der Waals surface area contributed by atoms with Gasteiger partial charge >= 0.3 is 281 Å². The van der Waals surface area contributed by atoms with E-state index >= 15 is 0 Å². The van der Waals surface area contributed by atoms with Crippen molar-refractivity contribution in [2.45, 2.75) is 21.8 Å². The van der Waals surface area contributed by atoms with Gasteiger partial charge in [-0.05, 0) is 0 Å². The molecule has 0 aliphatic heterocycles. The van der Waals surface area contributed by atoms with Crippen LogP contribution in [0, 0.1) is 0 Å². The van der Waals surface area contributed by atoms with Gasteiger partial charge in [0, 0.05) is 0 Å². The standard InChI is InChI=1S/2C21H20AsO.BFO2/c2*1-22(19-13-7-3-8-14-19,20-15-9-4-10-16-20)17-21(23)18-11-5-2-6-12-18;2-1(3)4/h2*2-16H,17H2,1H3;/q2*+1;-2. The van der Waals surface area contributed by atoms with Crippen LogP contribution in [-0.4, -0.2) is 46.1 Å². The van der Waals surface area contributed by atoms with E-state index in [0.29, 0.717) is 10.4 Å². The summed E-state index contributed by atoms with van der Waals surface area (Å²) in [6.07, 6.45) is 0. The number of carbonyl (C=O) groups is 2. The summed E-state index contributed by atoms with van der Waals surface area (Å²) in [5.74, 6) is 0.488. The van der Waals surface area contributed by atoms with Gasteiger partial charge in [0.15, 0.2) is 0 Å². The first-order valence-corrected chi connectivity index (χ1v) is 26.4. The van der Waals surface area contributed by atoms with Gasteiger partial charge in [-0.1, -0.05) is 0 Å². The minimum absolute atomic E-state index is 0.244. The molecule has 6 aromatic rings. The molecule has 4 nitrogen and oxygen atoms in total. The Balaban J connectivity index is 0.000000203. The first kappa shape index (κ1) is 38.5. The van der Waals surface area contributed by atoms with E-state index in [-0.39, 0.29) is 11.6 Å². The predicted molar refractivity (Wildman–Crippen MR) is 206 cm³/mol. The van der Waals surface area contributed by atoms with E-state index < -0.39 is 34.5 Å². The number of ketones is 2. The average molecular weight is 788 g/mol. The molecule has 0 saturated heterocycles. The van der Waals surface area contributed by atoms with Crippen molar-refractivity contribution in [3.63, 3.8) is 0 Å². The SMILES string of the molecule is C[As+](CC(=O)c1ccccc1)(c1ccccc1)c1ccccc1.C[As+](CC(=O)c1ccccc1)(c1ccccc1)c1ccccc1.[O-]B([O-])F. The van der Waals surface area contributed by atoms with Crippen LogP contribution in [-0.2, 0) is 0 Å². The second-order valence-electron chi connectivity index (χ2n) is 11.9. The number of hydrogen-bond acceptors (Lipinski definition) is 4. The van der Waals surface area contributed by atoms with Crippen LogP contribution in [0.5, 0.6) is 0 Å². The zero-order valence-corrected chi connectivity index (χ0v) is 32.0. The molecule has 6 rings (SSSR count). The van der Waals surface area contributed by atoms with Crippen molar-refractivity contribution in [3.8, 4) is 0 Å². The third kappa shape index (κ3) is 10.8. The number of benzene rings is 6. The first-order valence-electron chi connectivity index (χ1n) is 16.2. The number of carbonyl (C=O) groups excluding carboxylic acids is 2. The second-order valence-corrected chi connectivity index (χ2v) is 27.6. The minimum atomic E-state index is -3.17. The van der Waals surface area contributed by atoms with Crippen molar-refractivity contribution in [2.75, 3.05) is 0 Å². The molecule has 0 unspecified atom stereocenters. The molecular weight excluding hydrogens is 748 g/mol. The van der Waals surface area contributed by atoms with E-state index in [1.165, 1.54) is 17.4 Å². The zero-order valence-electron chi connectivity index (χ0n) is 28.2. The summed E-state index contributed by atoms with van der Waals surface area (Å²) in [4.78, 5) is 25.7. The van der Waals surface area contributed by atoms with Gasteiger partial charge in [0.05, 0.1) is 0 Å². The molecule has 50 heavy (non-hydrogen) atoms. The number of hydrogen-bond donors (Lipinski definition) is 0. The Hall–Kier alpha value is -4.31. The number of rotatable bonds is 10. The van der Waals surface area contributed by atoms with Gasteiger partial charge in [-0.25, -0.2) is 0 Å². The molecule has 0 saturated carbocycles. The molecule has 0 spiro atoms. The summed E-state index contributed by atoms with van der Waals surface area (Å²) in [6, 6.07) is 61.5. The van der Waals surface area contributed by atoms with Gasteiger partial charge in [0.1, 0.15) is 7.40 Å². The van der Waals surface area contributed by atoms with Crippen LogP contribution in [0.1, 0.15) is 20.7 Å². The zero-order chi connectivity index (χ0) is 35.8. The molecule has 8 heteroatoms. The maximum absolute atomic E-state index is 12.8. The fraction of sp³-hybridized carbons (Fsp3) is 0.0952. The second kappa shape index (κ2) is 19.2. The summed E-state index contributed by atoms with van der Waals surface area (Å²) in [6.45, 7) is 0. The molecule has 6 aromatic carbocycles. The van der Waals surface area contributed by atoms with Crippen LogP contribution in [0.2, 0.25) is 21.8 Å². The van der Waals surface area contributed by atoms with E-state index in [2.05, 4.69) is 108 Å². The summed E-state index contributed by atoms with van der Waals surface area (Å²) >= 11 is -5.03. The number of halogens is 1. The quantitative estimate of drug-likeness (QED) is 0.142. The topological polar surface area (TPSA) is 80.3 Å². The van der Waals surface area contributed by atoms with Crippen molar-refractivity contribution in [1.82, 2.24) is 0 Å². The van der Waals surface area contributed by atoms with Gasteiger partial charge in [0.2, 0.25) is 0 Å². The fourth-order valence-electron chi connectivity index (χ4n) is 5.70. The summed E-state index contributed by atoms with van der Waals surface area (Å²) < 4.78 is 15.2. The minimum Gasteiger partial charge on any atom is -0.867 e. The van der Waals surface area contributed by atoms with Gasteiger partial charge in [0.25, 0.3) is 0 Å². The summed E-state index contributed by atoms with van der Waals surface area (Å²) in [5.41, 5.74) is 6.27. The molecule has 252 valence electrons. The molecule has 0 aromatic heterocycles. The molecule has 0 atom stereocenters. The van der Waals surface area contributed by atoms with Crippen molar-refractivity contribution in [3.05, 3.63) is 193 Å². The Labute approximate surface area is 300 Å². The number of Topliss-reactive ketones (excluding diaryl/α,β-unsaturated/α-hetero) is 2. The molecule has 0 aliphatic carbocycles. The molecule has 0 fully saturated rings.